The van der Waals surface area contributed by atoms with Crippen LogP contribution in [0.5, 0.6) is 0 Å². The fourth-order valence-electron chi connectivity index (χ4n) is 1.26. The van der Waals surface area contributed by atoms with Crippen LogP contribution in [0.4, 0.5) is 17.6 Å². The zero-order valence-electron chi connectivity index (χ0n) is 9.55. The average Bonchev–Trinajstić information content (AvgIpc) is 2.26. The molecule has 1 aromatic carbocycles. The van der Waals surface area contributed by atoms with Gasteiger partial charge in [0.05, 0.1) is 12.2 Å². The normalized spacial score (nSPS) is 10.9. The van der Waals surface area contributed by atoms with E-state index in [1.165, 1.54) is 13.0 Å². The van der Waals surface area contributed by atoms with Crippen LogP contribution in [0.3, 0.4) is 0 Å². The molecule has 8 heteroatoms. The van der Waals surface area contributed by atoms with E-state index in [2.05, 4.69) is 4.74 Å². The molecule has 0 amide bonds. The highest BCUT2D eigenvalue weighted by Gasteiger charge is 2.30. The van der Waals surface area contributed by atoms with Gasteiger partial charge in [0.2, 0.25) is 0 Å². The third kappa shape index (κ3) is 4.13. The first-order valence-corrected chi connectivity index (χ1v) is 5.76. The molecule has 0 aliphatic rings. The summed E-state index contributed by atoms with van der Waals surface area (Å²) in [6.45, 7) is 1.44. The number of hydrogen-bond acceptors (Lipinski definition) is 4. The number of rotatable bonds is 3. The lowest BCUT2D eigenvalue weighted by atomic mass is 10.1. The number of halogens is 4. The molecule has 0 aliphatic heterocycles. The first kappa shape index (κ1) is 15.3. The van der Waals surface area contributed by atoms with Gasteiger partial charge >= 0.3 is 11.5 Å². The smallest absolute Gasteiger partial charge is 0.446 e. The minimum Gasteiger partial charge on any atom is -0.462 e. The molecule has 19 heavy (non-hydrogen) atoms. The van der Waals surface area contributed by atoms with Crippen molar-refractivity contribution in [3.05, 3.63) is 29.1 Å². The minimum absolute atomic E-state index is 0.0397. The largest absolute Gasteiger partial charge is 0.462 e. The maximum Gasteiger partial charge on any atom is 0.446 e. The van der Waals surface area contributed by atoms with E-state index in [1.54, 1.807) is 0 Å². The van der Waals surface area contributed by atoms with Crippen molar-refractivity contribution in [3.8, 4) is 6.07 Å². The maximum atomic E-state index is 13.5. The van der Waals surface area contributed by atoms with Crippen molar-refractivity contribution in [3.63, 3.8) is 0 Å². The van der Waals surface area contributed by atoms with Crippen molar-refractivity contribution in [1.29, 1.82) is 5.26 Å². The van der Waals surface area contributed by atoms with Gasteiger partial charge in [-0.25, -0.2) is 9.18 Å². The standard InChI is InChI=1S/C11H7F4NO2S/c1-2-18-10(17)7-3-6(19-11(13,14)15)4-9(12)8(7)5-16/h3-4H,2H2,1H3. The second-order valence-electron chi connectivity index (χ2n) is 3.21. The van der Waals surface area contributed by atoms with E-state index in [1.807, 2.05) is 0 Å². The molecule has 0 fully saturated rings. The first-order valence-electron chi connectivity index (χ1n) is 4.95. The van der Waals surface area contributed by atoms with Gasteiger partial charge in [0.1, 0.15) is 17.4 Å². The SMILES string of the molecule is CCOC(=O)c1cc(SC(F)(F)F)cc(F)c1C#N. The van der Waals surface area contributed by atoms with Crippen molar-refractivity contribution in [2.45, 2.75) is 17.3 Å². The van der Waals surface area contributed by atoms with Crippen molar-refractivity contribution in [1.82, 2.24) is 0 Å². The van der Waals surface area contributed by atoms with Crippen molar-refractivity contribution in [2.24, 2.45) is 0 Å². The van der Waals surface area contributed by atoms with Crippen molar-refractivity contribution in [2.75, 3.05) is 6.61 Å². The lowest BCUT2D eigenvalue weighted by Crippen LogP contribution is -2.09. The number of hydrogen-bond donors (Lipinski definition) is 0. The van der Waals surface area contributed by atoms with Gasteiger partial charge in [-0.3, -0.25) is 0 Å². The predicted molar refractivity (Wildman–Crippen MR) is 59.0 cm³/mol. The highest BCUT2D eigenvalue weighted by molar-refractivity contribution is 8.00. The summed E-state index contributed by atoms with van der Waals surface area (Å²) in [6, 6.07) is 2.77. The third-order valence-electron chi connectivity index (χ3n) is 1.90. The fourth-order valence-corrected chi connectivity index (χ4v) is 1.86. The van der Waals surface area contributed by atoms with E-state index < -0.39 is 45.1 Å². The Kier molecular flexibility index (Phi) is 4.78. The molecule has 0 bridgehead atoms. The van der Waals surface area contributed by atoms with E-state index in [-0.39, 0.29) is 6.61 Å². The Balaban J connectivity index is 3.27. The molecular weight excluding hydrogens is 286 g/mol. The number of nitrogens with zero attached hydrogens (tertiary/aromatic N) is 1. The Hall–Kier alpha value is -1.75. The molecule has 0 atom stereocenters. The maximum absolute atomic E-state index is 13.5. The number of carbonyl (C=O) groups excluding carboxylic acids is 1. The quantitative estimate of drug-likeness (QED) is 0.486. The number of esters is 1. The van der Waals surface area contributed by atoms with Gasteiger partial charge in [0.25, 0.3) is 0 Å². The molecule has 0 spiro atoms. The Morgan fingerprint density at radius 3 is 2.58 bits per heavy atom. The van der Waals surface area contributed by atoms with Crippen LogP contribution in [0.1, 0.15) is 22.8 Å². The van der Waals surface area contributed by atoms with Crippen LogP contribution in [0.2, 0.25) is 0 Å². The molecule has 102 valence electrons. The van der Waals surface area contributed by atoms with E-state index in [0.717, 1.165) is 6.07 Å². The predicted octanol–water partition coefficient (Wildman–Crippen LogP) is 3.49. The molecule has 0 aromatic heterocycles. The fraction of sp³-hybridized carbons (Fsp3) is 0.273. The lowest BCUT2D eigenvalue weighted by molar-refractivity contribution is -0.0328. The molecule has 0 unspecified atom stereocenters. The number of benzene rings is 1. The highest BCUT2D eigenvalue weighted by Crippen LogP contribution is 2.38. The Morgan fingerprint density at radius 2 is 2.11 bits per heavy atom. The van der Waals surface area contributed by atoms with Gasteiger partial charge in [-0.15, -0.1) is 0 Å². The highest BCUT2D eigenvalue weighted by atomic mass is 32.2. The molecular formula is C11H7F4NO2S. The Morgan fingerprint density at radius 1 is 1.47 bits per heavy atom. The van der Waals surface area contributed by atoms with E-state index in [0.29, 0.717) is 6.07 Å². The van der Waals surface area contributed by atoms with Crippen molar-refractivity contribution >= 4 is 17.7 Å². The molecule has 0 aliphatic carbocycles. The van der Waals surface area contributed by atoms with Crippen LogP contribution in [-0.2, 0) is 4.74 Å². The molecule has 1 aromatic rings. The summed E-state index contributed by atoms with van der Waals surface area (Å²) in [7, 11) is 0. The van der Waals surface area contributed by atoms with E-state index in [4.69, 9.17) is 5.26 Å². The van der Waals surface area contributed by atoms with Gasteiger partial charge in [-0.05, 0) is 30.8 Å². The molecule has 3 nitrogen and oxygen atoms in total. The summed E-state index contributed by atoms with van der Waals surface area (Å²) in [5, 5.41) is 8.71. The molecule has 1 rings (SSSR count). The summed E-state index contributed by atoms with van der Waals surface area (Å²) in [5.74, 6) is -2.23. The summed E-state index contributed by atoms with van der Waals surface area (Å²) < 4.78 is 54.6. The topological polar surface area (TPSA) is 50.1 Å². The van der Waals surface area contributed by atoms with Crippen LogP contribution in [-0.4, -0.2) is 18.1 Å². The molecule has 0 N–H and O–H groups in total. The van der Waals surface area contributed by atoms with Gasteiger partial charge in [0, 0.05) is 4.90 Å². The van der Waals surface area contributed by atoms with Crippen LogP contribution < -0.4 is 0 Å². The number of ether oxygens (including phenoxy) is 1. The van der Waals surface area contributed by atoms with Crippen molar-refractivity contribution < 1.29 is 27.1 Å². The zero-order valence-corrected chi connectivity index (χ0v) is 10.4. The molecule has 0 saturated carbocycles. The molecule has 0 saturated heterocycles. The van der Waals surface area contributed by atoms with Gasteiger partial charge in [-0.2, -0.15) is 18.4 Å². The number of thioether (sulfide) groups is 1. The monoisotopic (exact) mass is 293 g/mol. The van der Waals surface area contributed by atoms with Crippen LogP contribution in [0.15, 0.2) is 17.0 Å². The third-order valence-corrected chi connectivity index (χ3v) is 2.61. The van der Waals surface area contributed by atoms with E-state index in [9.17, 15) is 22.4 Å². The molecule has 0 radical (unpaired) electrons. The lowest BCUT2D eigenvalue weighted by Gasteiger charge is -2.09. The molecule has 0 heterocycles. The second-order valence-corrected chi connectivity index (χ2v) is 4.35. The summed E-state index contributed by atoms with van der Waals surface area (Å²) in [4.78, 5) is 10.9. The zero-order chi connectivity index (χ0) is 14.6. The van der Waals surface area contributed by atoms with Crippen LogP contribution in [0, 0.1) is 17.1 Å². The van der Waals surface area contributed by atoms with Gasteiger partial charge in [-0.1, -0.05) is 0 Å². The average molecular weight is 293 g/mol. The number of nitriles is 1. The van der Waals surface area contributed by atoms with Crippen LogP contribution in [0.25, 0.3) is 0 Å². The van der Waals surface area contributed by atoms with Crippen LogP contribution >= 0.6 is 11.8 Å². The Bertz CT molecular complexity index is 537. The van der Waals surface area contributed by atoms with E-state index >= 15 is 0 Å². The Labute approximate surface area is 110 Å². The summed E-state index contributed by atoms with van der Waals surface area (Å²) in [6.07, 6.45) is 0. The minimum atomic E-state index is -4.62. The van der Waals surface area contributed by atoms with Gasteiger partial charge < -0.3 is 4.74 Å². The summed E-state index contributed by atoms with van der Waals surface area (Å²) in [5.41, 5.74) is -5.77. The second kappa shape index (κ2) is 5.93. The number of alkyl halides is 3. The number of carbonyl (C=O) groups is 1. The van der Waals surface area contributed by atoms with Gasteiger partial charge in [0.15, 0.2) is 0 Å². The summed E-state index contributed by atoms with van der Waals surface area (Å²) >= 11 is -0.573. The first-order chi connectivity index (χ1) is 8.78.